The molecule has 1 saturated heterocycles. The average Bonchev–Trinajstić information content (AvgIpc) is 2.39. The van der Waals surface area contributed by atoms with Crippen molar-refractivity contribution in [1.82, 2.24) is 4.90 Å². The number of hydrogen-bond acceptors (Lipinski definition) is 3. The summed E-state index contributed by atoms with van der Waals surface area (Å²) >= 11 is 0. The molecule has 19 heavy (non-hydrogen) atoms. The Kier molecular flexibility index (Phi) is 4.47. The zero-order valence-corrected chi connectivity index (χ0v) is 11.7. The first-order valence-corrected chi connectivity index (χ1v) is 7.62. The second-order valence-corrected chi connectivity index (χ2v) is 6.18. The van der Waals surface area contributed by atoms with Crippen LogP contribution in [0.25, 0.3) is 0 Å². The topological polar surface area (TPSA) is 54.5 Å². The van der Waals surface area contributed by atoms with Gasteiger partial charge >= 0.3 is 0 Å². The molecule has 5 heteroatoms. The van der Waals surface area contributed by atoms with E-state index in [1.54, 1.807) is 11.0 Å². The van der Waals surface area contributed by atoms with Crippen LogP contribution in [0.15, 0.2) is 29.2 Å². The molecule has 0 aromatic heterocycles. The molecule has 4 nitrogen and oxygen atoms in total. The summed E-state index contributed by atoms with van der Waals surface area (Å²) in [5.74, 6) is 0.0636. The largest absolute Gasteiger partial charge is 0.341 e. The summed E-state index contributed by atoms with van der Waals surface area (Å²) in [6.07, 6.45) is 0.839. The molecule has 1 aliphatic rings. The molecule has 1 aromatic rings. The van der Waals surface area contributed by atoms with Gasteiger partial charge in [-0.1, -0.05) is 12.1 Å². The molecule has 1 fully saturated rings. The first-order valence-electron chi connectivity index (χ1n) is 6.31. The minimum absolute atomic E-state index is 0.00234. The van der Waals surface area contributed by atoms with Crippen molar-refractivity contribution in [3.05, 3.63) is 29.8 Å². The van der Waals surface area contributed by atoms with E-state index >= 15 is 0 Å². The molecule has 1 amide bonds. The standard InChI is InChI=1S/C14H17NO3S/c1-11-3-2-4-13(9-11)19(18)10-14(17)15-7-5-12(16)6-8-15/h2-4,9H,5-8,10H2,1H3. The minimum Gasteiger partial charge on any atom is -0.341 e. The maximum atomic E-state index is 12.1. The molecule has 1 atom stereocenters. The number of ketones is 1. The quantitative estimate of drug-likeness (QED) is 0.838. The lowest BCUT2D eigenvalue weighted by molar-refractivity contribution is -0.132. The highest BCUT2D eigenvalue weighted by Crippen LogP contribution is 2.11. The molecular weight excluding hydrogens is 262 g/mol. The predicted molar refractivity (Wildman–Crippen MR) is 73.3 cm³/mol. The van der Waals surface area contributed by atoms with Gasteiger partial charge in [0.15, 0.2) is 0 Å². The fourth-order valence-corrected chi connectivity index (χ4v) is 3.17. The number of Topliss-reactive ketones (excluding diaryl/α,β-unsaturated/α-hetero) is 1. The van der Waals surface area contributed by atoms with Gasteiger partial charge in [-0.2, -0.15) is 0 Å². The van der Waals surface area contributed by atoms with Gasteiger partial charge in [-0.3, -0.25) is 13.8 Å². The highest BCUT2D eigenvalue weighted by molar-refractivity contribution is 7.85. The number of aryl methyl sites for hydroxylation is 1. The van der Waals surface area contributed by atoms with Crippen LogP contribution >= 0.6 is 0 Å². The van der Waals surface area contributed by atoms with Crippen LogP contribution in [0.4, 0.5) is 0 Å². The Morgan fingerprint density at radius 1 is 1.32 bits per heavy atom. The van der Waals surface area contributed by atoms with Crippen LogP contribution in [0.2, 0.25) is 0 Å². The number of piperidine rings is 1. The van der Waals surface area contributed by atoms with Crippen LogP contribution in [0.1, 0.15) is 18.4 Å². The number of rotatable bonds is 3. The molecule has 1 aromatic carbocycles. The van der Waals surface area contributed by atoms with E-state index in [1.807, 2.05) is 25.1 Å². The zero-order valence-electron chi connectivity index (χ0n) is 10.9. The Labute approximate surface area is 115 Å². The van der Waals surface area contributed by atoms with Crippen molar-refractivity contribution < 1.29 is 13.8 Å². The third-order valence-electron chi connectivity index (χ3n) is 3.18. The summed E-state index contributed by atoms with van der Waals surface area (Å²) < 4.78 is 12.1. The number of benzene rings is 1. The van der Waals surface area contributed by atoms with E-state index in [2.05, 4.69) is 0 Å². The van der Waals surface area contributed by atoms with E-state index in [-0.39, 0.29) is 17.4 Å². The molecule has 102 valence electrons. The summed E-state index contributed by atoms with van der Waals surface area (Å²) in [4.78, 5) is 25.4. The van der Waals surface area contributed by atoms with Gasteiger partial charge in [0.1, 0.15) is 11.5 Å². The molecule has 0 aliphatic carbocycles. The highest BCUT2D eigenvalue weighted by Gasteiger charge is 2.22. The van der Waals surface area contributed by atoms with Crippen LogP contribution in [-0.2, 0) is 20.4 Å². The van der Waals surface area contributed by atoms with Gasteiger partial charge in [-0.25, -0.2) is 0 Å². The number of likely N-dealkylation sites (tertiary alicyclic amines) is 1. The van der Waals surface area contributed by atoms with Gasteiger partial charge in [0.05, 0.1) is 10.8 Å². The SMILES string of the molecule is Cc1cccc(S(=O)CC(=O)N2CCC(=O)CC2)c1. The Balaban J connectivity index is 1.95. The number of nitrogens with zero attached hydrogens (tertiary/aromatic N) is 1. The van der Waals surface area contributed by atoms with Crippen molar-refractivity contribution in [2.75, 3.05) is 18.8 Å². The normalized spacial score (nSPS) is 17.3. The van der Waals surface area contributed by atoms with E-state index in [1.165, 1.54) is 0 Å². The predicted octanol–water partition coefficient (Wildman–Crippen LogP) is 1.29. The lowest BCUT2D eigenvalue weighted by Gasteiger charge is -2.25. The molecule has 1 aliphatic heterocycles. The summed E-state index contributed by atoms with van der Waals surface area (Å²) in [6.45, 7) is 2.85. The van der Waals surface area contributed by atoms with E-state index in [9.17, 15) is 13.8 Å². The molecule has 0 bridgehead atoms. The summed E-state index contributed by atoms with van der Waals surface area (Å²) in [5, 5.41) is 0. The molecule has 1 heterocycles. The van der Waals surface area contributed by atoms with E-state index < -0.39 is 10.8 Å². The minimum atomic E-state index is -1.31. The number of hydrogen-bond donors (Lipinski definition) is 0. The van der Waals surface area contributed by atoms with Crippen LogP contribution in [0.5, 0.6) is 0 Å². The summed E-state index contributed by atoms with van der Waals surface area (Å²) in [7, 11) is -1.31. The van der Waals surface area contributed by atoms with Crippen molar-refractivity contribution >= 4 is 22.5 Å². The zero-order chi connectivity index (χ0) is 13.8. The van der Waals surface area contributed by atoms with E-state index in [0.717, 1.165) is 5.56 Å². The molecule has 0 N–H and O–H groups in total. The molecule has 1 unspecified atom stereocenters. The first-order chi connectivity index (χ1) is 9.06. The number of carbonyl (C=O) groups is 2. The molecule has 0 spiro atoms. The third kappa shape index (κ3) is 3.73. The van der Waals surface area contributed by atoms with Crippen LogP contribution in [0, 0.1) is 6.92 Å². The molecule has 0 radical (unpaired) electrons. The van der Waals surface area contributed by atoms with Crippen molar-refractivity contribution in [2.45, 2.75) is 24.7 Å². The summed E-state index contributed by atoms with van der Waals surface area (Å²) in [6, 6.07) is 7.38. The fourth-order valence-electron chi connectivity index (χ4n) is 2.05. The van der Waals surface area contributed by atoms with Crippen molar-refractivity contribution in [3.8, 4) is 0 Å². The smallest absolute Gasteiger partial charge is 0.235 e. The van der Waals surface area contributed by atoms with Crippen molar-refractivity contribution in [3.63, 3.8) is 0 Å². The van der Waals surface area contributed by atoms with E-state index in [4.69, 9.17) is 0 Å². The first kappa shape index (κ1) is 13.9. The Bertz CT molecular complexity index is 517. The van der Waals surface area contributed by atoms with Gasteiger partial charge in [-0.15, -0.1) is 0 Å². The van der Waals surface area contributed by atoms with Crippen LogP contribution < -0.4 is 0 Å². The number of amides is 1. The summed E-state index contributed by atoms with van der Waals surface area (Å²) in [5.41, 5.74) is 1.03. The van der Waals surface area contributed by atoms with Gasteiger partial charge in [0, 0.05) is 30.8 Å². The highest BCUT2D eigenvalue weighted by atomic mass is 32.2. The molecular formula is C14H17NO3S. The molecule has 2 rings (SSSR count). The van der Waals surface area contributed by atoms with Gasteiger partial charge in [0.25, 0.3) is 0 Å². The Morgan fingerprint density at radius 2 is 2.00 bits per heavy atom. The second kappa shape index (κ2) is 6.10. The maximum Gasteiger partial charge on any atom is 0.235 e. The van der Waals surface area contributed by atoms with Gasteiger partial charge < -0.3 is 4.90 Å². The average molecular weight is 279 g/mol. The number of carbonyl (C=O) groups excluding carboxylic acids is 2. The Hall–Kier alpha value is -1.49. The second-order valence-electron chi connectivity index (χ2n) is 4.73. The van der Waals surface area contributed by atoms with E-state index in [0.29, 0.717) is 30.8 Å². The van der Waals surface area contributed by atoms with Gasteiger partial charge in [0.2, 0.25) is 5.91 Å². The van der Waals surface area contributed by atoms with Crippen LogP contribution in [-0.4, -0.2) is 39.6 Å². The molecule has 0 saturated carbocycles. The lowest BCUT2D eigenvalue weighted by Crippen LogP contribution is -2.40. The Morgan fingerprint density at radius 3 is 2.63 bits per heavy atom. The maximum absolute atomic E-state index is 12.1. The fraction of sp³-hybridized carbons (Fsp3) is 0.429. The van der Waals surface area contributed by atoms with Crippen molar-refractivity contribution in [2.24, 2.45) is 0 Å². The monoisotopic (exact) mass is 279 g/mol. The van der Waals surface area contributed by atoms with Crippen molar-refractivity contribution in [1.29, 1.82) is 0 Å². The van der Waals surface area contributed by atoms with Gasteiger partial charge in [-0.05, 0) is 24.6 Å². The third-order valence-corrected chi connectivity index (χ3v) is 4.47. The lowest BCUT2D eigenvalue weighted by atomic mass is 10.1. The van der Waals surface area contributed by atoms with Crippen LogP contribution in [0.3, 0.4) is 0 Å².